The van der Waals surface area contributed by atoms with Crippen molar-refractivity contribution in [2.75, 3.05) is 17.7 Å². The van der Waals surface area contributed by atoms with Crippen molar-refractivity contribution in [2.24, 2.45) is 5.41 Å². The molecule has 210 valence electrons. The van der Waals surface area contributed by atoms with Gasteiger partial charge in [0.05, 0.1) is 22.2 Å². The first-order valence-corrected chi connectivity index (χ1v) is 16.7. The Bertz CT molecular complexity index is 1810. The van der Waals surface area contributed by atoms with Crippen molar-refractivity contribution in [3.05, 3.63) is 101 Å². The number of allylic oxidation sites excluding steroid dienone is 6. The van der Waals surface area contributed by atoms with Crippen molar-refractivity contribution in [3.63, 3.8) is 0 Å². The van der Waals surface area contributed by atoms with E-state index >= 15 is 0 Å². The van der Waals surface area contributed by atoms with Crippen LogP contribution < -0.4 is 9.47 Å². The summed E-state index contributed by atoms with van der Waals surface area (Å²) in [5.41, 5.74) is 6.10. The molecule has 1 atom stereocenters. The van der Waals surface area contributed by atoms with Gasteiger partial charge in [0.1, 0.15) is 6.54 Å². The minimum Gasteiger partial charge on any atom is -0.398 e. The molecule has 1 aliphatic carbocycles. The van der Waals surface area contributed by atoms with Crippen LogP contribution in [0.1, 0.15) is 46.4 Å². The van der Waals surface area contributed by atoms with Gasteiger partial charge in [0.25, 0.3) is 5.52 Å². The number of fused-ring (bicyclic) bond motifs is 4. The van der Waals surface area contributed by atoms with Gasteiger partial charge in [0, 0.05) is 33.4 Å². The van der Waals surface area contributed by atoms with E-state index in [9.17, 15) is 4.21 Å². The van der Waals surface area contributed by atoms with Crippen molar-refractivity contribution >= 4 is 56.2 Å². The lowest BCUT2D eigenvalue weighted by atomic mass is 9.75. The van der Waals surface area contributed by atoms with Crippen LogP contribution in [-0.2, 0) is 17.3 Å². The monoisotopic (exact) mass is 581 g/mol. The topological polar surface area (TPSA) is 37.3 Å². The second-order valence-corrected chi connectivity index (χ2v) is 14.0. The van der Waals surface area contributed by atoms with Crippen LogP contribution >= 0.6 is 11.8 Å². The Morgan fingerprint density at radius 2 is 1.93 bits per heavy atom. The highest BCUT2D eigenvalue weighted by molar-refractivity contribution is 8.03. The van der Waals surface area contributed by atoms with Crippen LogP contribution in [0.15, 0.2) is 109 Å². The van der Waals surface area contributed by atoms with E-state index in [2.05, 4.69) is 116 Å². The summed E-state index contributed by atoms with van der Waals surface area (Å²) in [5, 5.41) is 3.68. The third-order valence-electron chi connectivity index (χ3n) is 7.88. The second kappa shape index (κ2) is 11.1. The van der Waals surface area contributed by atoms with Gasteiger partial charge in [-0.15, -0.1) is 0 Å². The van der Waals surface area contributed by atoms with E-state index in [1.807, 2.05) is 6.07 Å². The van der Waals surface area contributed by atoms with E-state index in [0.29, 0.717) is 0 Å². The molecule has 6 rings (SSSR count). The molecule has 4 aromatic rings. The molecule has 1 unspecified atom stereocenters. The minimum absolute atomic E-state index is 0.169. The van der Waals surface area contributed by atoms with E-state index < -0.39 is 10.8 Å². The molecule has 0 N–H and O–H groups in total. The Hall–Kier alpha value is -3.35. The molecule has 0 fully saturated rings. The lowest BCUT2D eigenvalue weighted by Gasteiger charge is -2.31. The maximum absolute atomic E-state index is 12.1. The second-order valence-electron chi connectivity index (χ2n) is 11.6. The Morgan fingerprint density at radius 3 is 2.71 bits per heavy atom. The van der Waals surface area contributed by atoms with Gasteiger partial charge in [0.2, 0.25) is 5.58 Å². The number of oxazole rings is 1. The molecule has 3 aromatic carbocycles. The number of aromatic nitrogens is 1. The average Bonchev–Trinajstić information content (AvgIpc) is 3.48. The van der Waals surface area contributed by atoms with E-state index in [0.717, 1.165) is 47.8 Å². The smallest absolute Gasteiger partial charge is 0.374 e. The van der Waals surface area contributed by atoms with Crippen molar-refractivity contribution in [3.8, 4) is 0 Å². The highest BCUT2D eigenvalue weighted by Crippen LogP contribution is 2.48. The maximum Gasteiger partial charge on any atom is 0.374 e. The third kappa shape index (κ3) is 5.47. The molecule has 0 amide bonds. The number of aryl methyl sites for hydroxylation is 1. The van der Waals surface area contributed by atoms with Crippen LogP contribution in [0, 0.1) is 5.41 Å². The van der Waals surface area contributed by atoms with Crippen molar-refractivity contribution < 1.29 is 13.2 Å². The molecular weight excluding hydrogens is 545 g/mol. The lowest BCUT2D eigenvalue weighted by Crippen LogP contribution is -2.33. The molecule has 0 spiro atoms. The first kappa shape index (κ1) is 27.8. The number of nitrogens with zero attached hydrogens (tertiary/aromatic N) is 2. The Morgan fingerprint density at radius 1 is 1.10 bits per heavy atom. The van der Waals surface area contributed by atoms with Gasteiger partial charge in [0.15, 0.2) is 0 Å². The molecule has 6 heteroatoms. The summed E-state index contributed by atoms with van der Waals surface area (Å²) in [7, 11) is -0.983. The molecule has 2 heterocycles. The molecule has 0 saturated heterocycles. The van der Waals surface area contributed by atoms with Crippen LogP contribution in [0.4, 0.5) is 5.69 Å². The molecular formula is C35H37N2O2S2+. The summed E-state index contributed by atoms with van der Waals surface area (Å²) in [4.78, 5) is 4.43. The number of hydrogen-bond donors (Lipinski definition) is 0. The molecule has 4 nitrogen and oxygen atoms in total. The fourth-order valence-electron chi connectivity index (χ4n) is 6.13. The quantitative estimate of drug-likeness (QED) is 0.213. The van der Waals surface area contributed by atoms with Crippen LogP contribution in [0.25, 0.3) is 27.9 Å². The predicted octanol–water partition coefficient (Wildman–Crippen LogP) is 8.79. The Balaban J connectivity index is 1.31. The SMILES string of the molecule is CCN1C(=CC2=CC(=CC=Cc3oc4ccc5ccccc5c4[n+]3CC)CC(C)(C)C2)Sc2cc(S(C)=O)ccc21. The number of thioether (sulfide) groups is 1. The average molecular weight is 582 g/mol. The highest BCUT2D eigenvalue weighted by atomic mass is 32.2. The first-order valence-electron chi connectivity index (χ1n) is 14.3. The summed E-state index contributed by atoms with van der Waals surface area (Å²) in [6, 6.07) is 18.9. The molecule has 0 saturated carbocycles. The highest BCUT2D eigenvalue weighted by Gasteiger charge is 2.28. The zero-order valence-corrected chi connectivity index (χ0v) is 26.1. The van der Waals surface area contributed by atoms with E-state index in [1.54, 1.807) is 18.0 Å². The largest absolute Gasteiger partial charge is 0.398 e. The number of benzene rings is 3. The van der Waals surface area contributed by atoms with Crippen molar-refractivity contribution in [1.29, 1.82) is 0 Å². The van der Waals surface area contributed by atoms with Crippen LogP contribution in [0.2, 0.25) is 0 Å². The van der Waals surface area contributed by atoms with Crippen LogP contribution in [0.5, 0.6) is 0 Å². The standard InChI is InChI=1S/C35H37N2O2S2/c1-6-36-29-17-16-27(41(5)38)21-31(29)40-33(36)20-25-19-24(22-35(3,4)23-25)11-10-14-32-37(7-2)34-28-13-9-8-12-26(28)15-18-30(34)39-32/h8-21H,6-7,22-23H2,1-5H3/q+1. The van der Waals surface area contributed by atoms with Crippen LogP contribution in [0.3, 0.4) is 0 Å². The Labute approximate surface area is 249 Å². The maximum atomic E-state index is 12.1. The van der Waals surface area contributed by atoms with E-state index in [-0.39, 0.29) is 5.41 Å². The van der Waals surface area contributed by atoms with Gasteiger partial charge in [-0.3, -0.25) is 4.21 Å². The normalized spacial score (nSPS) is 19.5. The molecule has 1 aliphatic heterocycles. The summed E-state index contributed by atoms with van der Waals surface area (Å²) in [5.74, 6) is 0.864. The zero-order valence-electron chi connectivity index (χ0n) is 24.4. The van der Waals surface area contributed by atoms with Gasteiger partial charge in [-0.05, 0) is 85.0 Å². The van der Waals surface area contributed by atoms with Gasteiger partial charge in [-0.25, -0.2) is 0 Å². The third-order valence-corrected chi connectivity index (χ3v) is 9.89. The number of hydrogen-bond acceptors (Lipinski definition) is 4. The fourth-order valence-corrected chi connectivity index (χ4v) is 7.99. The summed E-state index contributed by atoms with van der Waals surface area (Å²) >= 11 is 1.78. The summed E-state index contributed by atoms with van der Waals surface area (Å²) < 4.78 is 20.6. The van der Waals surface area contributed by atoms with E-state index in [4.69, 9.17) is 4.42 Å². The Kier molecular flexibility index (Phi) is 7.56. The minimum atomic E-state index is -0.983. The van der Waals surface area contributed by atoms with Gasteiger partial charge < -0.3 is 9.32 Å². The van der Waals surface area contributed by atoms with Gasteiger partial charge in [-0.1, -0.05) is 68.1 Å². The van der Waals surface area contributed by atoms with Gasteiger partial charge in [-0.2, -0.15) is 4.57 Å². The summed E-state index contributed by atoms with van der Waals surface area (Å²) in [6.07, 6.45) is 15.0. The fraction of sp³-hybridized carbons (Fsp3) is 0.286. The van der Waals surface area contributed by atoms with E-state index in [1.165, 1.54) is 37.5 Å². The van der Waals surface area contributed by atoms with Crippen molar-refractivity contribution in [2.45, 2.75) is 56.9 Å². The molecule has 0 radical (unpaired) electrons. The lowest BCUT2D eigenvalue weighted by molar-refractivity contribution is -0.673. The van der Waals surface area contributed by atoms with Gasteiger partial charge >= 0.3 is 5.89 Å². The number of anilines is 1. The molecule has 1 aromatic heterocycles. The van der Waals surface area contributed by atoms with Crippen LogP contribution in [-0.4, -0.2) is 17.0 Å². The molecule has 0 bridgehead atoms. The zero-order chi connectivity index (χ0) is 28.7. The first-order chi connectivity index (χ1) is 19.8. The van der Waals surface area contributed by atoms with Crippen molar-refractivity contribution in [1.82, 2.24) is 0 Å². The molecule has 41 heavy (non-hydrogen) atoms. The summed E-state index contributed by atoms with van der Waals surface area (Å²) in [6.45, 7) is 10.8. The molecule has 2 aliphatic rings. The number of rotatable bonds is 6. The predicted molar refractivity (Wildman–Crippen MR) is 174 cm³/mol.